The van der Waals surface area contributed by atoms with Crippen LogP contribution in [-0.2, 0) is 6.42 Å². The Morgan fingerprint density at radius 1 is 1.11 bits per heavy atom. The molecule has 1 aliphatic rings. The van der Waals surface area contributed by atoms with E-state index in [9.17, 15) is 15.3 Å². The van der Waals surface area contributed by atoms with Gasteiger partial charge in [-0.1, -0.05) is 29.8 Å². The van der Waals surface area contributed by atoms with Crippen LogP contribution in [0, 0.1) is 0 Å². The normalized spacial score (nSPS) is 29.4. The molecule has 4 nitrogen and oxygen atoms in total. The zero-order valence-corrected chi connectivity index (χ0v) is 10.8. The number of rotatable bonds is 3. The van der Waals surface area contributed by atoms with Crippen LogP contribution in [-0.4, -0.2) is 58.2 Å². The van der Waals surface area contributed by atoms with Crippen LogP contribution in [0.2, 0.25) is 5.02 Å². The van der Waals surface area contributed by atoms with Gasteiger partial charge in [0.2, 0.25) is 0 Å². The first kappa shape index (κ1) is 13.8. The van der Waals surface area contributed by atoms with Crippen LogP contribution in [0.3, 0.4) is 0 Å². The number of hydrogen-bond donors (Lipinski definition) is 3. The van der Waals surface area contributed by atoms with Crippen molar-refractivity contribution in [3.63, 3.8) is 0 Å². The van der Waals surface area contributed by atoms with Crippen molar-refractivity contribution in [3.8, 4) is 0 Å². The van der Waals surface area contributed by atoms with E-state index in [1.54, 1.807) is 0 Å². The van der Waals surface area contributed by atoms with E-state index in [-0.39, 0.29) is 0 Å². The fraction of sp³-hybridized carbons (Fsp3) is 0.538. The third-order valence-corrected chi connectivity index (χ3v) is 3.70. The maximum Gasteiger partial charge on any atom is 0.108 e. The van der Waals surface area contributed by atoms with Crippen LogP contribution >= 0.6 is 11.6 Å². The molecule has 5 heteroatoms. The predicted octanol–water partition coefficient (Wildman–Crippen LogP) is 0.281. The van der Waals surface area contributed by atoms with E-state index in [1.807, 2.05) is 29.2 Å². The van der Waals surface area contributed by atoms with Crippen molar-refractivity contribution in [2.24, 2.45) is 0 Å². The average molecular weight is 272 g/mol. The van der Waals surface area contributed by atoms with E-state index in [0.29, 0.717) is 19.6 Å². The Hall–Kier alpha value is -0.650. The molecular weight excluding hydrogens is 254 g/mol. The van der Waals surface area contributed by atoms with Crippen molar-refractivity contribution in [1.82, 2.24) is 4.90 Å². The first-order valence-electron chi connectivity index (χ1n) is 6.08. The highest BCUT2D eigenvalue weighted by atomic mass is 35.5. The Bertz CT molecular complexity index is 390. The Morgan fingerprint density at radius 3 is 2.33 bits per heavy atom. The van der Waals surface area contributed by atoms with Crippen LogP contribution in [0.1, 0.15) is 5.56 Å². The number of hydrogen-bond acceptors (Lipinski definition) is 4. The summed E-state index contributed by atoms with van der Waals surface area (Å²) in [5, 5.41) is 29.4. The van der Waals surface area contributed by atoms with Gasteiger partial charge in [0, 0.05) is 24.7 Å². The summed E-state index contributed by atoms with van der Waals surface area (Å²) >= 11 is 6.07. The monoisotopic (exact) mass is 271 g/mol. The summed E-state index contributed by atoms with van der Waals surface area (Å²) in [5.74, 6) is 0. The van der Waals surface area contributed by atoms with Gasteiger partial charge >= 0.3 is 0 Å². The minimum absolute atomic E-state index is 0.378. The number of likely N-dealkylation sites (tertiary alicyclic amines) is 1. The van der Waals surface area contributed by atoms with E-state index in [4.69, 9.17) is 11.6 Å². The van der Waals surface area contributed by atoms with Crippen molar-refractivity contribution in [3.05, 3.63) is 34.9 Å². The van der Waals surface area contributed by atoms with Gasteiger partial charge in [0.15, 0.2) is 0 Å². The number of benzene rings is 1. The Balaban J connectivity index is 1.89. The molecule has 2 unspecified atom stereocenters. The largest absolute Gasteiger partial charge is 0.389 e. The molecule has 2 atom stereocenters. The number of nitrogens with zero attached hydrogens (tertiary/aromatic N) is 1. The summed E-state index contributed by atoms with van der Waals surface area (Å²) in [4.78, 5) is 1.94. The molecule has 18 heavy (non-hydrogen) atoms. The maximum atomic E-state index is 9.59. The highest BCUT2D eigenvalue weighted by Crippen LogP contribution is 2.17. The molecule has 0 saturated carbocycles. The summed E-state index contributed by atoms with van der Waals surface area (Å²) in [6, 6.07) is 7.63. The summed E-state index contributed by atoms with van der Waals surface area (Å²) in [6.07, 6.45) is -2.06. The van der Waals surface area contributed by atoms with Crippen LogP contribution in [0.25, 0.3) is 0 Å². The highest BCUT2D eigenvalue weighted by molar-refractivity contribution is 6.31. The van der Waals surface area contributed by atoms with Crippen molar-refractivity contribution < 1.29 is 15.3 Å². The second-order valence-electron chi connectivity index (χ2n) is 4.73. The van der Waals surface area contributed by atoms with Crippen LogP contribution < -0.4 is 0 Å². The van der Waals surface area contributed by atoms with Gasteiger partial charge in [0.1, 0.15) is 6.10 Å². The Kier molecular flexibility index (Phi) is 4.59. The lowest BCUT2D eigenvalue weighted by molar-refractivity contribution is -0.109. The summed E-state index contributed by atoms with van der Waals surface area (Å²) in [6.45, 7) is 1.45. The number of piperidine rings is 1. The Labute approximate surface area is 111 Å². The molecule has 2 rings (SSSR count). The number of halogens is 1. The van der Waals surface area contributed by atoms with Gasteiger partial charge in [-0.2, -0.15) is 0 Å². The van der Waals surface area contributed by atoms with E-state index in [0.717, 1.165) is 17.0 Å². The highest BCUT2D eigenvalue weighted by Gasteiger charge is 2.32. The molecule has 0 amide bonds. The Morgan fingerprint density at radius 2 is 1.72 bits per heavy atom. The summed E-state index contributed by atoms with van der Waals surface area (Å²) in [5.41, 5.74) is 1.05. The quantitative estimate of drug-likeness (QED) is 0.739. The van der Waals surface area contributed by atoms with E-state index >= 15 is 0 Å². The van der Waals surface area contributed by atoms with Crippen molar-refractivity contribution in [2.75, 3.05) is 19.6 Å². The minimum Gasteiger partial charge on any atom is -0.389 e. The topological polar surface area (TPSA) is 63.9 Å². The second kappa shape index (κ2) is 5.99. The standard InChI is InChI=1S/C13H18ClNO3/c14-10-4-2-1-3-9(10)5-6-15-7-11(16)13(18)12(17)8-15/h1-4,11-13,16-18H,5-8H2. The lowest BCUT2D eigenvalue weighted by Gasteiger charge is -2.36. The first-order chi connectivity index (χ1) is 8.58. The molecule has 0 spiro atoms. The molecule has 1 aliphatic heterocycles. The molecular formula is C13H18ClNO3. The van der Waals surface area contributed by atoms with Crippen LogP contribution in [0.15, 0.2) is 24.3 Å². The van der Waals surface area contributed by atoms with Gasteiger partial charge in [-0.25, -0.2) is 0 Å². The average Bonchev–Trinajstić information content (AvgIpc) is 2.35. The predicted molar refractivity (Wildman–Crippen MR) is 69.6 cm³/mol. The molecule has 1 fully saturated rings. The van der Waals surface area contributed by atoms with E-state index < -0.39 is 18.3 Å². The molecule has 1 aromatic carbocycles. The van der Waals surface area contributed by atoms with Gasteiger partial charge in [-0.3, -0.25) is 4.90 Å². The molecule has 3 N–H and O–H groups in total. The van der Waals surface area contributed by atoms with Gasteiger partial charge in [0.25, 0.3) is 0 Å². The van der Waals surface area contributed by atoms with Gasteiger partial charge in [0.05, 0.1) is 12.2 Å². The second-order valence-corrected chi connectivity index (χ2v) is 5.13. The van der Waals surface area contributed by atoms with E-state index in [1.165, 1.54) is 0 Å². The lowest BCUT2D eigenvalue weighted by atomic mass is 10.0. The molecule has 0 aromatic heterocycles. The molecule has 0 radical (unpaired) electrons. The zero-order chi connectivity index (χ0) is 13.1. The molecule has 100 valence electrons. The molecule has 1 saturated heterocycles. The fourth-order valence-corrected chi connectivity index (χ4v) is 2.47. The molecule has 0 aliphatic carbocycles. The fourth-order valence-electron chi connectivity index (χ4n) is 2.24. The van der Waals surface area contributed by atoms with Crippen LogP contribution in [0.4, 0.5) is 0 Å². The lowest BCUT2D eigenvalue weighted by Crippen LogP contribution is -2.55. The maximum absolute atomic E-state index is 9.59. The molecule has 1 heterocycles. The third kappa shape index (κ3) is 3.22. The van der Waals surface area contributed by atoms with Crippen molar-refractivity contribution >= 4 is 11.6 Å². The van der Waals surface area contributed by atoms with E-state index in [2.05, 4.69) is 0 Å². The van der Waals surface area contributed by atoms with Gasteiger partial charge < -0.3 is 15.3 Å². The summed E-state index contributed by atoms with van der Waals surface area (Å²) in [7, 11) is 0. The SMILES string of the molecule is OC1CN(CCc2ccccc2Cl)CC(O)C1O. The van der Waals surface area contributed by atoms with Crippen LogP contribution in [0.5, 0.6) is 0 Å². The third-order valence-electron chi connectivity index (χ3n) is 3.33. The minimum atomic E-state index is -1.04. The number of β-amino-alcohol motifs (C(OH)–C–C–N with tert-alkyl or cyclic N) is 2. The number of aliphatic hydroxyl groups excluding tert-OH is 3. The summed E-state index contributed by atoms with van der Waals surface area (Å²) < 4.78 is 0. The van der Waals surface area contributed by atoms with Crippen molar-refractivity contribution in [2.45, 2.75) is 24.7 Å². The molecule has 0 bridgehead atoms. The molecule has 1 aromatic rings. The van der Waals surface area contributed by atoms with Gasteiger partial charge in [-0.15, -0.1) is 0 Å². The van der Waals surface area contributed by atoms with Crippen molar-refractivity contribution in [1.29, 1.82) is 0 Å². The smallest absolute Gasteiger partial charge is 0.108 e. The first-order valence-corrected chi connectivity index (χ1v) is 6.45. The number of aliphatic hydroxyl groups is 3. The zero-order valence-electron chi connectivity index (χ0n) is 10.0. The van der Waals surface area contributed by atoms with Gasteiger partial charge in [-0.05, 0) is 18.1 Å².